The highest BCUT2D eigenvalue weighted by atomic mass is 15.2. The fourth-order valence-electron chi connectivity index (χ4n) is 10.3. The molecule has 4 aromatic heterocycles. The predicted octanol–water partition coefficient (Wildman–Crippen LogP) is 16.2. The number of benzene rings is 8. The monoisotopic (exact) mass is 865 g/mol. The van der Waals surface area contributed by atoms with E-state index in [2.05, 4.69) is 249 Å². The number of aromatic nitrogens is 5. The molecule has 0 unspecified atom stereocenters. The average Bonchev–Trinajstić information content (AvgIpc) is 4.00. The van der Waals surface area contributed by atoms with Gasteiger partial charge in [-0.2, -0.15) is 0 Å². The molecule has 0 aliphatic heterocycles. The summed E-state index contributed by atoms with van der Waals surface area (Å²) in [4.78, 5) is 10.7. The minimum absolute atomic E-state index is 0.0365. The lowest BCUT2D eigenvalue weighted by Gasteiger charge is -2.19. The minimum atomic E-state index is -0.0412. The lowest BCUT2D eigenvalue weighted by molar-refractivity contribution is 0.591. The van der Waals surface area contributed by atoms with Gasteiger partial charge in [0.2, 0.25) is 5.95 Å². The van der Waals surface area contributed by atoms with Gasteiger partial charge in [-0.05, 0) is 106 Å². The number of hydrogen-bond acceptors (Lipinski definition) is 2. The molecule has 324 valence electrons. The third kappa shape index (κ3) is 6.60. The zero-order chi connectivity index (χ0) is 45.6. The second-order valence-electron chi connectivity index (χ2n) is 19.9. The number of nitrogens with zero attached hydrogens (tertiary/aromatic N) is 5. The van der Waals surface area contributed by atoms with Crippen LogP contribution in [0.5, 0.6) is 0 Å². The normalized spacial score (nSPS) is 12.3. The first-order valence-electron chi connectivity index (χ1n) is 23.3. The Morgan fingerprint density at radius 2 is 0.910 bits per heavy atom. The van der Waals surface area contributed by atoms with Crippen LogP contribution in [0.1, 0.15) is 52.7 Å². The molecule has 5 heteroatoms. The van der Waals surface area contributed by atoms with Crippen LogP contribution >= 0.6 is 0 Å². The van der Waals surface area contributed by atoms with Gasteiger partial charge in [0.15, 0.2) is 0 Å². The Kier molecular flexibility index (Phi) is 9.24. The van der Waals surface area contributed by atoms with Crippen LogP contribution in [0, 0.1) is 0 Å². The van der Waals surface area contributed by atoms with Crippen LogP contribution < -0.4 is 0 Å². The van der Waals surface area contributed by atoms with Crippen molar-refractivity contribution >= 4 is 54.5 Å². The maximum atomic E-state index is 5.56. The van der Waals surface area contributed by atoms with Gasteiger partial charge in [-0.1, -0.05) is 163 Å². The number of rotatable bonds is 6. The number of para-hydroxylation sites is 2. The first-order valence-corrected chi connectivity index (χ1v) is 23.3. The van der Waals surface area contributed by atoms with Crippen LogP contribution in [0.25, 0.3) is 105 Å². The highest BCUT2D eigenvalue weighted by molar-refractivity contribution is 6.26. The molecule has 5 nitrogen and oxygen atoms in total. The smallest absolute Gasteiger partial charge is 0.235 e. The maximum absolute atomic E-state index is 5.56. The number of fused-ring (bicyclic) bond motifs is 8. The van der Waals surface area contributed by atoms with Crippen molar-refractivity contribution in [3.63, 3.8) is 0 Å². The summed E-state index contributed by atoms with van der Waals surface area (Å²) in [6.45, 7) is 13.8. The van der Waals surface area contributed by atoms with E-state index in [9.17, 15) is 0 Å². The molecule has 0 fully saturated rings. The van der Waals surface area contributed by atoms with Crippen LogP contribution in [0.4, 0.5) is 0 Å². The Hall–Kier alpha value is -8.02. The Morgan fingerprint density at radius 3 is 1.54 bits per heavy atom. The molecule has 12 rings (SSSR count). The minimum Gasteiger partial charge on any atom is -0.309 e. The van der Waals surface area contributed by atoms with E-state index in [1.165, 1.54) is 43.8 Å². The summed E-state index contributed by atoms with van der Waals surface area (Å²) < 4.78 is 7.16. The Labute approximate surface area is 391 Å². The second kappa shape index (κ2) is 15.3. The summed E-state index contributed by atoms with van der Waals surface area (Å²) in [5.41, 5.74) is 16.9. The summed E-state index contributed by atoms with van der Waals surface area (Å²) in [7, 11) is 0. The Balaban J connectivity index is 1.15. The highest BCUT2D eigenvalue weighted by Gasteiger charge is 2.26. The van der Waals surface area contributed by atoms with Crippen molar-refractivity contribution in [2.45, 2.75) is 52.4 Å². The van der Waals surface area contributed by atoms with Crippen molar-refractivity contribution < 1.29 is 0 Å². The summed E-state index contributed by atoms with van der Waals surface area (Å²) in [6.07, 6.45) is 1.93. The van der Waals surface area contributed by atoms with Gasteiger partial charge in [0.25, 0.3) is 0 Å². The van der Waals surface area contributed by atoms with E-state index in [0.29, 0.717) is 5.95 Å². The fourth-order valence-corrected chi connectivity index (χ4v) is 10.3. The largest absolute Gasteiger partial charge is 0.309 e. The third-order valence-corrected chi connectivity index (χ3v) is 13.6. The molecule has 0 saturated carbocycles. The first-order chi connectivity index (χ1) is 32.5. The molecule has 0 radical (unpaired) electrons. The summed E-state index contributed by atoms with van der Waals surface area (Å²) in [5.74, 6) is 0.635. The standard InChI is InChI=1S/C62H51N5/c1-61(2,3)43-28-32-52-48(38-43)47-30-34-55-57(50-39-44(62(4,5)6)29-33-53(50)65(55)45-23-15-9-16-24-45)59(47)67(52)60-63-36-35-51(64-60)42-27-31-54-49(37-42)56(40-19-11-7-12-20-40)58(41-21-13-8-14-22-41)66(54)46-25-17-10-18-26-46/h7-39H,1-6H3. The quantitative estimate of drug-likeness (QED) is 0.167. The van der Waals surface area contributed by atoms with Crippen LogP contribution in [0.3, 0.4) is 0 Å². The van der Waals surface area contributed by atoms with Crippen LogP contribution in [-0.4, -0.2) is 23.7 Å². The molecule has 0 N–H and O–H groups in total. The highest BCUT2D eigenvalue weighted by Crippen LogP contribution is 2.46. The molecule has 12 aromatic rings. The van der Waals surface area contributed by atoms with E-state index in [4.69, 9.17) is 9.97 Å². The van der Waals surface area contributed by atoms with Crippen LogP contribution in [0.15, 0.2) is 200 Å². The van der Waals surface area contributed by atoms with E-state index in [-0.39, 0.29) is 10.8 Å². The van der Waals surface area contributed by atoms with Crippen LogP contribution in [0.2, 0.25) is 0 Å². The summed E-state index contributed by atoms with van der Waals surface area (Å²) in [5, 5.41) is 5.93. The van der Waals surface area contributed by atoms with E-state index < -0.39 is 0 Å². The van der Waals surface area contributed by atoms with Gasteiger partial charge in [-0.3, -0.25) is 4.57 Å². The molecule has 0 aliphatic carbocycles. The lowest BCUT2D eigenvalue weighted by atomic mass is 9.86. The zero-order valence-corrected chi connectivity index (χ0v) is 38.8. The molecule has 0 spiro atoms. The SMILES string of the molecule is CC(C)(C)c1ccc2c(c1)c1c(ccc3c4cc(C(C)(C)C)ccc4n(-c4nccc(-c5ccc6c(c5)c(-c5ccccc5)c(-c5ccccc5)n6-c5ccccc5)n4)c31)n2-c1ccccc1. The molecule has 0 aliphatic rings. The van der Waals surface area contributed by atoms with Crippen molar-refractivity contribution in [2.24, 2.45) is 0 Å². The van der Waals surface area contributed by atoms with E-state index in [1.807, 2.05) is 6.20 Å². The lowest BCUT2D eigenvalue weighted by Crippen LogP contribution is -2.10. The molecular weight excluding hydrogens is 815 g/mol. The molecular formula is C62H51N5. The fraction of sp³-hybridized carbons (Fsp3) is 0.129. The summed E-state index contributed by atoms with van der Waals surface area (Å²) >= 11 is 0. The van der Waals surface area contributed by atoms with Gasteiger partial charge in [0, 0.05) is 55.6 Å². The molecule has 67 heavy (non-hydrogen) atoms. The van der Waals surface area contributed by atoms with Gasteiger partial charge in [-0.15, -0.1) is 0 Å². The van der Waals surface area contributed by atoms with Gasteiger partial charge in [0.1, 0.15) is 0 Å². The molecule has 0 bridgehead atoms. The van der Waals surface area contributed by atoms with Gasteiger partial charge >= 0.3 is 0 Å². The molecule has 4 heterocycles. The molecule has 8 aromatic carbocycles. The average molecular weight is 866 g/mol. The first kappa shape index (κ1) is 40.5. The van der Waals surface area contributed by atoms with E-state index in [1.54, 1.807) is 0 Å². The topological polar surface area (TPSA) is 40.6 Å². The second-order valence-corrected chi connectivity index (χ2v) is 19.9. The van der Waals surface area contributed by atoms with Gasteiger partial charge < -0.3 is 9.13 Å². The molecule has 0 atom stereocenters. The Morgan fingerprint density at radius 1 is 0.388 bits per heavy atom. The van der Waals surface area contributed by atoms with Crippen molar-refractivity contribution in [2.75, 3.05) is 0 Å². The third-order valence-electron chi connectivity index (χ3n) is 13.6. The molecule has 0 amide bonds. The van der Waals surface area contributed by atoms with Crippen molar-refractivity contribution in [1.29, 1.82) is 0 Å². The van der Waals surface area contributed by atoms with Crippen LogP contribution in [-0.2, 0) is 10.8 Å². The molecule has 0 saturated heterocycles. The predicted molar refractivity (Wildman–Crippen MR) is 281 cm³/mol. The van der Waals surface area contributed by atoms with E-state index in [0.717, 1.165) is 66.9 Å². The maximum Gasteiger partial charge on any atom is 0.235 e. The Bertz CT molecular complexity index is 3840. The van der Waals surface area contributed by atoms with Crippen molar-refractivity contribution in [1.82, 2.24) is 23.7 Å². The zero-order valence-electron chi connectivity index (χ0n) is 38.8. The van der Waals surface area contributed by atoms with Crippen molar-refractivity contribution in [3.05, 3.63) is 211 Å². The summed E-state index contributed by atoms with van der Waals surface area (Å²) in [6, 6.07) is 70.5. The van der Waals surface area contributed by atoms with Crippen molar-refractivity contribution in [3.8, 4) is 51.0 Å². The van der Waals surface area contributed by atoms with Gasteiger partial charge in [-0.25, -0.2) is 9.97 Å². The van der Waals surface area contributed by atoms with Gasteiger partial charge in [0.05, 0.1) is 39.0 Å². The number of hydrogen-bond donors (Lipinski definition) is 0. The van der Waals surface area contributed by atoms with E-state index >= 15 is 0 Å².